The number of hydrogen-bond donors (Lipinski definition) is 1. The third-order valence-corrected chi connectivity index (χ3v) is 5.96. The Hall–Kier alpha value is -1.79. The Balaban J connectivity index is 1.61. The molecule has 0 aromatic heterocycles. The zero-order valence-electron chi connectivity index (χ0n) is 16.3. The number of carbonyl (C=O) groups excluding carboxylic acids is 1. The van der Waals surface area contributed by atoms with Crippen molar-refractivity contribution in [1.29, 1.82) is 0 Å². The Morgan fingerprint density at radius 3 is 2.69 bits per heavy atom. The van der Waals surface area contributed by atoms with E-state index in [2.05, 4.69) is 22.2 Å². The summed E-state index contributed by atoms with van der Waals surface area (Å²) in [5.41, 5.74) is 0.729. The minimum absolute atomic E-state index is 0.0276. The maximum atomic E-state index is 12.8. The number of methoxy groups -OCH3 is 2. The van der Waals surface area contributed by atoms with Gasteiger partial charge in [-0.25, -0.2) is 0 Å². The van der Waals surface area contributed by atoms with Crippen molar-refractivity contribution in [3.8, 4) is 11.5 Å². The number of fused-ring (bicyclic) bond motifs is 1. The summed E-state index contributed by atoms with van der Waals surface area (Å²) in [6.07, 6.45) is 3.68. The molecule has 3 atom stereocenters. The Morgan fingerprint density at radius 2 is 1.96 bits per heavy atom. The number of anilines is 1. The van der Waals surface area contributed by atoms with Crippen LogP contribution in [0.2, 0.25) is 0 Å². The van der Waals surface area contributed by atoms with Crippen LogP contribution in [0, 0.1) is 5.92 Å². The van der Waals surface area contributed by atoms with Crippen LogP contribution in [-0.2, 0) is 4.79 Å². The summed E-state index contributed by atoms with van der Waals surface area (Å²) in [5.74, 6) is 1.98. The lowest BCUT2D eigenvalue weighted by Crippen LogP contribution is -2.56. The lowest BCUT2D eigenvalue weighted by atomic mass is 9.83. The van der Waals surface area contributed by atoms with Crippen LogP contribution < -0.4 is 14.8 Å². The van der Waals surface area contributed by atoms with Crippen molar-refractivity contribution >= 4 is 11.6 Å². The number of piperidine rings is 2. The average Bonchev–Trinajstić information content (AvgIpc) is 2.67. The molecule has 1 N–H and O–H groups in total. The molecule has 1 amide bonds. The number of ether oxygens (including phenoxy) is 2. The number of nitrogens with zero attached hydrogens (tertiary/aromatic N) is 2. The first-order chi connectivity index (χ1) is 12.5. The Kier molecular flexibility index (Phi) is 6.04. The fourth-order valence-electron chi connectivity index (χ4n) is 4.36. The second-order valence-corrected chi connectivity index (χ2v) is 7.47. The first-order valence-electron chi connectivity index (χ1n) is 9.50. The summed E-state index contributed by atoms with van der Waals surface area (Å²) < 4.78 is 10.6. The van der Waals surface area contributed by atoms with Crippen molar-refractivity contribution in [3.63, 3.8) is 0 Å². The monoisotopic (exact) mass is 361 g/mol. The van der Waals surface area contributed by atoms with Gasteiger partial charge in [-0.1, -0.05) is 0 Å². The van der Waals surface area contributed by atoms with Crippen molar-refractivity contribution in [2.24, 2.45) is 5.92 Å². The predicted molar refractivity (Wildman–Crippen MR) is 103 cm³/mol. The number of rotatable bonds is 5. The van der Waals surface area contributed by atoms with Gasteiger partial charge in [-0.3, -0.25) is 9.69 Å². The molecule has 6 heteroatoms. The van der Waals surface area contributed by atoms with E-state index in [-0.39, 0.29) is 11.9 Å². The van der Waals surface area contributed by atoms with E-state index in [9.17, 15) is 4.79 Å². The van der Waals surface area contributed by atoms with E-state index in [0.29, 0.717) is 23.5 Å². The van der Waals surface area contributed by atoms with Gasteiger partial charge in [0.1, 0.15) is 0 Å². The van der Waals surface area contributed by atoms with Gasteiger partial charge in [-0.2, -0.15) is 0 Å². The van der Waals surface area contributed by atoms with Gasteiger partial charge in [0.2, 0.25) is 5.91 Å². The molecule has 0 spiro atoms. The van der Waals surface area contributed by atoms with Crippen molar-refractivity contribution < 1.29 is 14.3 Å². The number of hydrogen-bond acceptors (Lipinski definition) is 5. The highest BCUT2D eigenvalue weighted by atomic mass is 16.5. The number of amides is 1. The first kappa shape index (κ1) is 19.0. The van der Waals surface area contributed by atoms with Gasteiger partial charge < -0.3 is 19.7 Å². The summed E-state index contributed by atoms with van der Waals surface area (Å²) in [5, 5.41) is 3.02. The molecular weight excluding hydrogens is 330 g/mol. The number of carbonyl (C=O) groups is 1. The quantitative estimate of drug-likeness (QED) is 0.873. The molecule has 0 bridgehead atoms. The highest BCUT2D eigenvalue weighted by Gasteiger charge is 2.36. The van der Waals surface area contributed by atoms with Gasteiger partial charge in [0, 0.05) is 30.9 Å². The van der Waals surface area contributed by atoms with E-state index in [0.717, 1.165) is 25.2 Å². The van der Waals surface area contributed by atoms with E-state index in [1.54, 1.807) is 20.3 Å². The molecule has 26 heavy (non-hydrogen) atoms. The van der Waals surface area contributed by atoms with Gasteiger partial charge in [0.15, 0.2) is 11.5 Å². The summed E-state index contributed by atoms with van der Waals surface area (Å²) in [6.45, 7) is 5.20. The van der Waals surface area contributed by atoms with Crippen molar-refractivity contribution in [1.82, 2.24) is 9.80 Å². The van der Waals surface area contributed by atoms with Gasteiger partial charge in [-0.05, 0) is 57.8 Å². The topological polar surface area (TPSA) is 54.0 Å². The van der Waals surface area contributed by atoms with Gasteiger partial charge in [0.05, 0.1) is 20.3 Å². The van der Waals surface area contributed by atoms with Crippen LogP contribution >= 0.6 is 0 Å². The minimum Gasteiger partial charge on any atom is -0.493 e. The number of benzene rings is 1. The molecular formula is C20H31N3O3. The van der Waals surface area contributed by atoms with E-state index >= 15 is 0 Å². The maximum Gasteiger partial charge on any atom is 0.241 e. The minimum atomic E-state index is -0.142. The third kappa shape index (κ3) is 3.96. The largest absolute Gasteiger partial charge is 0.493 e. The van der Waals surface area contributed by atoms with Crippen LogP contribution in [0.4, 0.5) is 5.69 Å². The molecule has 144 valence electrons. The number of likely N-dealkylation sites (tertiary alicyclic amines) is 2. The molecule has 0 aliphatic carbocycles. The maximum absolute atomic E-state index is 12.8. The van der Waals surface area contributed by atoms with Gasteiger partial charge >= 0.3 is 0 Å². The Labute approximate surface area is 156 Å². The van der Waals surface area contributed by atoms with Crippen LogP contribution in [0.3, 0.4) is 0 Å². The van der Waals surface area contributed by atoms with Gasteiger partial charge in [-0.15, -0.1) is 0 Å². The van der Waals surface area contributed by atoms with Crippen LogP contribution in [-0.4, -0.2) is 68.7 Å². The van der Waals surface area contributed by atoms with Crippen LogP contribution in [0.1, 0.15) is 26.2 Å². The predicted octanol–water partition coefficient (Wildman–Crippen LogP) is 2.45. The smallest absolute Gasteiger partial charge is 0.241 e. The summed E-state index contributed by atoms with van der Waals surface area (Å²) in [7, 11) is 5.43. The third-order valence-electron chi connectivity index (χ3n) is 5.96. The highest BCUT2D eigenvalue weighted by Crippen LogP contribution is 2.32. The Bertz CT molecular complexity index is 637. The zero-order chi connectivity index (χ0) is 18.7. The molecule has 0 radical (unpaired) electrons. The lowest BCUT2D eigenvalue weighted by molar-refractivity contribution is -0.122. The molecule has 2 aliphatic heterocycles. The molecule has 2 fully saturated rings. The van der Waals surface area contributed by atoms with Crippen molar-refractivity contribution in [2.75, 3.05) is 46.2 Å². The molecule has 2 heterocycles. The average molecular weight is 361 g/mol. The summed E-state index contributed by atoms with van der Waals surface area (Å²) in [4.78, 5) is 17.6. The SMILES string of the molecule is COc1ccc(NC(=O)C(C)N2CCC3C(CCCN3C)C2)cc1OC. The van der Waals surface area contributed by atoms with Crippen molar-refractivity contribution in [2.45, 2.75) is 38.3 Å². The normalized spacial score (nSPS) is 25.2. The zero-order valence-corrected chi connectivity index (χ0v) is 16.3. The molecule has 2 aliphatic rings. The standard InChI is InChI=1S/C20H31N3O3/c1-14(23-11-9-17-15(13-23)6-5-10-22(17)2)20(24)21-16-7-8-18(25-3)19(12-16)26-4/h7-8,12,14-15,17H,5-6,9-11,13H2,1-4H3,(H,21,24). The molecule has 0 saturated carbocycles. The highest BCUT2D eigenvalue weighted by molar-refractivity contribution is 5.94. The second-order valence-electron chi connectivity index (χ2n) is 7.47. The van der Waals surface area contributed by atoms with Gasteiger partial charge in [0.25, 0.3) is 0 Å². The molecule has 3 unspecified atom stereocenters. The Morgan fingerprint density at radius 1 is 1.19 bits per heavy atom. The van der Waals surface area contributed by atoms with E-state index in [1.165, 1.54) is 19.4 Å². The van der Waals surface area contributed by atoms with E-state index in [4.69, 9.17) is 9.47 Å². The molecule has 6 nitrogen and oxygen atoms in total. The summed E-state index contributed by atoms with van der Waals surface area (Å²) in [6, 6.07) is 5.99. The van der Waals surface area contributed by atoms with Crippen molar-refractivity contribution in [3.05, 3.63) is 18.2 Å². The van der Waals surface area contributed by atoms with Crippen LogP contribution in [0.5, 0.6) is 11.5 Å². The number of nitrogens with one attached hydrogen (secondary N) is 1. The lowest BCUT2D eigenvalue weighted by Gasteiger charge is -2.47. The van der Waals surface area contributed by atoms with E-state index < -0.39 is 0 Å². The fraction of sp³-hybridized carbons (Fsp3) is 0.650. The van der Waals surface area contributed by atoms with E-state index in [1.807, 2.05) is 19.1 Å². The summed E-state index contributed by atoms with van der Waals surface area (Å²) >= 11 is 0. The second kappa shape index (κ2) is 8.27. The first-order valence-corrected chi connectivity index (χ1v) is 9.50. The molecule has 1 aromatic carbocycles. The van der Waals surface area contributed by atoms with Crippen LogP contribution in [0.25, 0.3) is 0 Å². The fourth-order valence-corrected chi connectivity index (χ4v) is 4.36. The van der Waals surface area contributed by atoms with Crippen LogP contribution in [0.15, 0.2) is 18.2 Å². The molecule has 2 saturated heterocycles. The molecule has 1 aromatic rings. The molecule has 3 rings (SSSR count).